The van der Waals surface area contributed by atoms with Gasteiger partial charge in [0, 0.05) is 1.43 Å². The Kier molecular flexibility index (Phi) is 8.39. The van der Waals surface area contributed by atoms with Crippen molar-refractivity contribution in [2.24, 2.45) is 5.92 Å². The summed E-state index contributed by atoms with van der Waals surface area (Å²) in [6.45, 7) is 4.37. The third-order valence-electron chi connectivity index (χ3n) is 0.408. The molecule has 0 spiro atoms. The fourth-order valence-corrected chi connectivity index (χ4v) is 0.149. The molecule has 0 aromatic rings. The maximum absolute atomic E-state index is 7.74. The molecule has 3 nitrogen and oxygen atoms in total. The highest BCUT2D eigenvalue weighted by atomic mass is 17.1. The molecule has 0 radical (unpaired) electrons. The molecular formula is C4H15NO2. The van der Waals surface area contributed by atoms with Crippen LogP contribution in [0, 0.1) is 5.92 Å². The average molecular weight is 109 g/mol. The van der Waals surface area contributed by atoms with E-state index in [-0.39, 0.29) is 7.58 Å². The molecule has 0 rings (SSSR count). The van der Waals surface area contributed by atoms with E-state index in [4.69, 9.17) is 5.26 Å². The van der Waals surface area contributed by atoms with Crippen LogP contribution in [0.25, 0.3) is 0 Å². The third-order valence-corrected chi connectivity index (χ3v) is 0.408. The van der Waals surface area contributed by atoms with Crippen LogP contribution in [0.1, 0.15) is 15.3 Å². The van der Waals surface area contributed by atoms with Crippen LogP contribution in [0.4, 0.5) is 0 Å². The fourth-order valence-electron chi connectivity index (χ4n) is 0.149. The minimum Gasteiger partial charge on any atom is -0.344 e. The van der Waals surface area contributed by atoms with E-state index in [0.29, 0.717) is 12.5 Å². The molecule has 0 heterocycles. The Bertz CT molecular complexity index is 35.2. The molecule has 0 aliphatic carbocycles. The second-order valence-corrected chi connectivity index (χ2v) is 1.69. The van der Waals surface area contributed by atoms with Gasteiger partial charge in [-0.3, -0.25) is 5.26 Å². The first kappa shape index (κ1) is 9.99. The van der Waals surface area contributed by atoms with Crippen molar-refractivity contribution in [1.29, 1.82) is 0 Å². The first-order valence-electron chi connectivity index (χ1n) is 2.03. The van der Waals surface area contributed by atoms with Gasteiger partial charge in [0.2, 0.25) is 0 Å². The van der Waals surface area contributed by atoms with Gasteiger partial charge in [-0.1, -0.05) is 13.8 Å². The van der Waals surface area contributed by atoms with Gasteiger partial charge in [-0.2, -0.15) is 0 Å². The van der Waals surface area contributed by atoms with E-state index < -0.39 is 0 Å². The van der Waals surface area contributed by atoms with Gasteiger partial charge in [-0.25, -0.2) is 4.89 Å². The van der Waals surface area contributed by atoms with Crippen molar-refractivity contribution in [3.63, 3.8) is 0 Å². The van der Waals surface area contributed by atoms with Crippen molar-refractivity contribution < 1.29 is 11.6 Å². The molecule has 0 saturated carbocycles. The summed E-state index contributed by atoms with van der Waals surface area (Å²) in [6, 6.07) is 0. The topological polar surface area (TPSA) is 64.5 Å². The van der Waals surface area contributed by atoms with E-state index in [1.807, 2.05) is 13.8 Å². The van der Waals surface area contributed by atoms with Gasteiger partial charge < -0.3 is 6.15 Å². The van der Waals surface area contributed by atoms with Gasteiger partial charge in [-0.05, 0) is 5.92 Å². The van der Waals surface area contributed by atoms with Gasteiger partial charge in [0.25, 0.3) is 0 Å². The SMILES string of the molecule is CC(C)COO.N.[HH]. The molecule has 0 unspecified atom stereocenters. The van der Waals surface area contributed by atoms with Crippen molar-refractivity contribution in [3.05, 3.63) is 0 Å². The lowest BCUT2D eigenvalue weighted by Crippen LogP contribution is -1.96. The van der Waals surface area contributed by atoms with Gasteiger partial charge in [0.1, 0.15) is 0 Å². The first-order chi connectivity index (χ1) is 2.77. The molecule has 0 bridgehead atoms. The van der Waals surface area contributed by atoms with Gasteiger partial charge in [-0.15, -0.1) is 0 Å². The second kappa shape index (κ2) is 5.88. The second-order valence-electron chi connectivity index (χ2n) is 1.69. The smallest absolute Gasteiger partial charge is 0.0842 e. The van der Waals surface area contributed by atoms with E-state index in [9.17, 15) is 0 Å². The summed E-state index contributed by atoms with van der Waals surface area (Å²) in [4.78, 5) is 3.80. The van der Waals surface area contributed by atoms with Crippen LogP contribution in [0.15, 0.2) is 0 Å². The normalized spacial score (nSPS) is 8.57. The standard InChI is InChI=1S/C4H10O2.H3N.H2/c1-4(2)3-6-5;;/h4-5H,3H2,1-2H3;1H3;1H. The van der Waals surface area contributed by atoms with Gasteiger partial charge >= 0.3 is 0 Å². The summed E-state index contributed by atoms with van der Waals surface area (Å²) in [5, 5.41) is 7.74. The van der Waals surface area contributed by atoms with Crippen molar-refractivity contribution in [3.8, 4) is 0 Å². The largest absolute Gasteiger partial charge is 0.344 e. The van der Waals surface area contributed by atoms with E-state index in [1.165, 1.54) is 0 Å². The highest BCUT2D eigenvalue weighted by Gasteiger charge is 1.87. The maximum atomic E-state index is 7.74. The number of rotatable bonds is 2. The molecule has 0 aromatic heterocycles. The Morgan fingerprint density at radius 3 is 2.14 bits per heavy atom. The number of hydrogen-bond donors (Lipinski definition) is 2. The van der Waals surface area contributed by atoms with Gasteiger partial charge in [0.15, 0.2) is 0 Å². The molecule has 0 aromatic carbocycles. The molecule has 48 valence electrons. The fraction of sp³-hybridized carbons (Fsp3) is 1.00. The highest BCUT2D eigenvalue weighted by Crippen LogP contribution is 1.87. The summed E-state index contributed by atoms with van der Waals surface area (Å²) < 4.78 is 0. The minimum atomic E-state index is 0. The zero-order valence-corrected chi connectivity index (χ0v) is 4.85. The molecular weight excluding hydrogens is 94.0 g/mol. The van der Waals surface area contributed by atoms with E-state index in [2.05, 4.69) is 4.89 Å². The molecule has 3 heteroatoms. The van der Waals surface area contributed by atoms with E-state index in [1.54, 1.807) is 0 Å². The molecule has 0 fully saturated rings. The molecule has 7 heavy (non-hydrogen) atoms. The average Bonchev–Trinajstić information content (AvgIpc) is 1.35. The van der Waals surface area contributed by atoms with Crippen molar-refractivity contribution in [1.82, 2.24) is 6.15 Å². The summed E-state index contributed by atoms with van der Waals surface area (Å²) in [5.41, 5.74) is 0. The Morgan fingerprint density at radius 2 is 2.14 bits per heavy atom. The molecule has 4 N–H and O–H groups in total. The highest BCUT2D eigenvalue weighted by molar-refractivity contribution is 4.33. The van der Waals surface area contributed by atoms with Crippen LogP contribution in [0.3, 0.4) is 0 Å². The summed E-state index contributed by atoms with van der Waals surface area (Å²) in [6.07, 6.45) is 0. The quantitative estimate of drug-likeness (QED) is 0.417. The zero-order chi connectivity index (χ0) is 4.99. The molecule has 0 aliphatic rings. The van der Waals surface area contributed by atoms with E-state index in [0.717, 1.165) is 0 Å². The van der Waals surface area contributed by atoms with Crippen LogP contribution >= 0.6 is 0 Å². The minimum absolute atomic E-state index is 0. The Labute approximate surface area is 45.3 Å². The van der Waals surface area contributed by atoms with Gasteiger partial charge in [0.05, 0.1) is 6.61 Å². The van der Waals surface area contributed by atoms with Crippen LogP contribution in [-0.2, 0) is 4.89 Å². The van der Waals surface area contributed by atoms with E-state index >= 15 is 0 Å². The summed E-state index contributed by atoms with van der Waals surface area (Å²) in [7, 11) is 0. The van der Waals surface area contributed by atoms with Crippen molar-refractivity contribution in [2.45, 2.75) is 13.8 Å². The lowest BCUT2D eigenvalue weighted by molar-refractivity contribution is -0.248. The lowest BCUT2D eigenvalue weighted by Gasteiger charge is -1.95. The molecule has 0 aliphatic heterocycles. The summed E-state index contributed by atoms with van der Waals surface area (Å²) >= 11 is 0. The predicted octanol–water partition coefficient (Wildman–Crippen LogP) is 1.54. The van der Waals surface area contributed by atoms with Crippen LogP contribution in [0.2, 0.25) is 0 Å². The first-order valence-corrected chi connectivity index (χ1v) is 2.03. The predicted molar refractivity (Wildman–Crippen MR) is 30.6 cm³/mol. The monoisotopic (exact) mass is 109 g/mol. The maximum Gasteiger partial charge on any atom is 0.0842 e. The lowest BCUT2D eigenvalue weighted by atomic mass is 10.2. The van der Waals surface area contributed by atoms with Crippen molar-refractivity contribution >= 4 is 0 Å². The Morgan fingerprint density at radius 1 is 1.71 bits per heavy atom. The van der Waals surface area contributed by atoms with Crippen molar-refractivity contribution in [2.75, 3.05) is 6.61 Å². The third kappa shape index (κ3) is 10.7. The zero-order valence-electron chi connectivity index (χ0n) is 4.85. The van der Waals surface area contributed by atoms with Crippen LogP contribution in [-0.4, -0.2) is 11.9 Å². The molecule has 0 saturated heterocycles. The Balaban J connectivity index is -0.000000125. The Hall–Kier alpha value is -0.120. The molecule has 0 atom stereocenters. The molecule has 0 amide bonds. The number of hydrogen-bond acceptors (Lipinski definition) is 3. The van der Waals surface area contributed by atoms with Crippen LogP contribution in [0.5, 0.6) is 0 Å². The van der Waals surface area contributed by atoms with Crippen LogP contribution < -0.4 is 6.15 Å². The summed E-state index contributed by atoms with van der Waals surface area (Å²) in [5.74, 6) is 0.426.